The minimum absolute atomic E-state index is 0.108. The monoisotopic (exact) mass is 646 g/mol. The highest BCUT2D eigenvalue weighted by molar-refractivity contribution is 8.00. The Labute approximate surface area is 277 Å². The number of nitrogens with one attached hydrogen (secondary N) is 3. The number of carbonyl (C=O) groups is 3. The molecular weight excluding hydrogens is 613 g/mol. The molecule has 0 fully saturated rings. The minimum Gasteiger partial charge on any atom is -0.321 e. The van der Waals surface area contributed by atoms with Crippen LogP contribution in [0.4, 0.5) is 10.8 Å². The number of aromatic nitrogens is 1. The largest absolute Gasteiger partial charge is 0.321 e. The van der Waals surface area contributed by atoms with Gasteiger partial charge in [0.1, 0.15) is 5.70 Å². The van der Waals surface area contributed by atoms with Crippen molar-refractivity contribution in [3.05, 3.63) is 136 Å². The summed E-state index contributed by atoms with van der Waals surface area (Å²) in [5.41, 5.74) is 5.90. The molecule has 5 rings (SSSR count). The lowest BCUT2D eigenvalue weighted by atomic mass is 10.1. The number of nitrogens with zero attached hydrogens (tertiary/aromatic N) is 1. The number of thioether (sulfide) groups is 1. The molecule has 0 saturated carbocycles. The summed E-state index contributed by atoms with van der Waals surface area (Å²) < 4.78 is 0. The first kappa shape index (κ1) is 32.4. The Morgan fingerprint density at radius 3 is 2.35 bits per heavy atom. The van der Waals surface area contributed by atoms with Gasteiger partial charge in [0.2, 0.25) is 5.91 Å². The Morgan fingerprint density at radius 1 is 0.848 bits per heavy atom. The van der Waals surface area contributed by atoms with Gasteiger partial charge in [-0.1, -0.05) is 90.8 Å². The quantitative estimate of drug-likeness (QED) is 0.0990. The van der Waals surface area contributed by atoms with E-state index in [1.54, 1.807) is 36.4 Å². The molecule has 0 spiro atoms. The summed E-state index contributed by atoms with van der Waals surface area (Å²) in [7, 11) is 0. The molecule has 232 valence electrons. The van der Waals surface area contributed by atoms with Crippen molar-refractivity contribution in [2.45, 2.75) is 37.3 Å². The summed E-state index contributed by atoms with van der Waals surface area (Å²) in [6.07, 6.45) is 2.25. The summed E-state index contributed by atoms with van der Waals surface area (Å²) in [6, 6.07) is 31.8. The van der Waals surface area contributed by atoms with Crippen LogP contribution in [0.15, 0.2) is 119 Å². The van der Waals surface area contributed by atoms with E-state index in [-0.39, 0.29) is 22.8 Å². The Bertz CT molecular complexity index is 1870. The zero-order valence-corrected chi connectivity index (χ0v) is 27.4. The van der Waals surface area contributed by atoms with Gasteiger partial charge in [0.05, 0.1) is 10.9 Å². The first-order valence-electron chi connectivity index (χ1n) is 14.8. The van der Waals surface area contributed by atoms with E-state index in [0.29, 0.717) is 22.8 Å². The summed E-state index contributed by atoms with van der Waals surface area (Å²) in [5, 5.41) is 10.8. The van der Waals surface area contributed by atoms with Gasteiger partial charge in [-0.05, 0) is 62.2 Å². The van der Waals surface area contributed by atoms with Gasteiger partial charge >= 0.3 is 0 Å². The van der Waals surface area contributed by atoms with Crippen LogP contribution < -0.4 is 16.0 Å². The van der Waals surface area contributed by atoms with Gasteiger partial charge in [0.15, 0.2) is 5.13 Å². The Kier molecular flexibility index (Phi) is 10.8. The molecule has 3 amide bonds. The van der Waals surface area contributed by atoms with Crippen LogP contribution in [0, 0.1) is 13.8 Å². The fraction of sp³-hybridized carbons (Fsp3) is 0.135. The van der Waals surface area contributed by atoms with Crippen molar-refractivity contribution in [2.24, 2.45) is 0 Å². The average Bonchev–Trinajstić information content (AvgIpc) is 3.52. The molecule has 1 aromatic heterocycles. The van der Waals surface area contributed by atoms with Crippen LogP contribution in [0.2, 0.25) is 0 Å². The van der Waals surface area contributed by atoms with Gasteiger partial charge in [-0.3, -0.25) is 14.4 Å². The normalized spacial score (nSPS) is 11.8. The van der Waals surface area contributed by atoms with Crippen LogP contribution in [0.1, 0.15) is 40.4 Å². The van der Waals surface area contributed by atoms with Gasteiger partial charge < -0.3 is 16.0 Å². The second-order valence-corrected chi connectivity index (χ2v) is 12.8. The van der Waals surface area contributed by atoms with E-state index in [1.807, 2.05) is 98.9 Å². The van der Waals surface area contributed by atoms with Crippen molar-refractivity contribution < 1.29 is 14.4 Å². The van der Waals surface area contributed by atoms with Crippen LogP contribution in [-0.2, 0) is 9.59 Å². The third kappa shape index (κ3) is 8.80. The number of anilines is 2. The molecular formula is C37H34N4O3S2. The summed E-state index contributed by atoms with van der Waals surface area (Å²) in [5.74, 6) is -0.994. The zero-order valence-electron chi connectivity index (χ0n) is 25.7. The van der Waals surface area contributed by atoms with Gasteiger partial charge in [0.25, 0.3) is 11.8 Å². The Balaban J connectivity index is 1.27. The number of rotatable bonds is 11. The highest BCUT2D eigenvalue weighted by atomic mass is 32.2. The van der Waals surface area contributed by atoms with Gasteiger partial charge in [0, 0.05) is 27.1 Å². The molecule has 1 unspecified atom stereocenters. The SMILES string of the molecule is CCC(Sc1cccc(NC(=O)/C(=C\c2cccc(C)c2)NC(=O)c2ccccc2)c1)C(=O)Nc1nc(-c2ccc(C)cc2)cs1. The van der Waals surface area contributed by atoms with Crippen molar-refractivity contribution in [1.82, 2.24) is 10.3 Å². The third-order valence-electron chi connectivity index (χ3n) is 7.00. The first-order chi connectivity index (χ1) is 22.3. The summed E-state index contributed by atoms with van der Waals surface area (Å²) in [4.78, 5) is 45.1. The van der Waals surface area contributed by atoms with Crippen LogP contribution >= 0.6 is 23.1 Å². The maximum atomic E-state index is 13.5. The molecule has 1 heterocycles. The topological polar surface area (TPSA) is 100 Å². The van der Waals surface area contributed by atoms with Crippen LogP contribution in [0.5, 0.6) is 0 Å². The van der Waals surface area contributed by atoms with E-state index in [9.17, 15) is 14.4 Å². The van der Waals surface area contributed by atoms with E-state index >= 15 is 0 Å². The van der Waals surface area contributed by atoms with Gasteiger partial charge in [-0.15, -0.1) is 23.1 Å². The molecule has 7 nitrogen and oxygen atoms in total. The third-order valence-corrected chi connectivity index (χ3v) is 9.11. The molecule has 0 aliphatic rings. The Morgan fingerprint density at radius 2 is 1.61 bits per heavy atom. The molecule has 5 aromatic rings. The molecule has 0 aliphatic heterocycles. The van der Waals surface area contributed by atoms with Crippen LogP contribution in [-0.4, -0.2) is 28.0 Å². The van der Waals surface area contributed by atoms with Crippen LogP contribution in [0.3, 0.4) is 0 Å². The van der Waals surface area contributed by atoms with E-state index < -0.39 is 5.91 Å². The Hall–Kier alpha value is -4.99. The van der Waals surface area contributed by atoms with E-state index in [4.69, 9.17) is 0 Å². The lowest BCUT2D eigenvalue weighted by Gasteiger charge is -2.15. The minimum atomic E-state index is -0.467. The average molecular weight is 647 g/mol. The molecule has 0 bridgehead atoms. The number of carbonyl (C=O) groups excluding carboxylic acids is 3. The number of amides is 3. The fourth-order valence-electron chi connectivity index (χ4n) is 4.58. The number of hydrogen-bond donors (Lipinski definition) is 3. The second kappa shape index (κ2) is 15.3. The molecule has 0 aliphatic carbocycles. The van der Waals surface area contributed by atoms with E-state index in [0.717, 1.165) is 27.3 Å². The van der Waals surface area contributed by atoms with Crippen molar-refractivity contribution in [3.8, 4) is 11.3 Å². The van der Waals surface area contributed by atoms with Crippen molar-refractivity contribution in [3.63, 3.8) is 0 Å². The summed E-state index contributed by atoms with van der Waals surface area (Å²) in [6.45, 7) is 5.96. The van der Waals surface area contributed by atoms with E-state index in [2.05, 4.69) is 20.9 Å². The second-order valence-electron chi connectivity index (χ2n) is 10.7. The smallest absolute Gasteiger partial charge is 0.272 e. The maximum absolute atomic E-state index is 13.5. The first-order valence-corrected chi connectivity index (χ1v) is 16.6. The van der Waals surface area contributed by atoms with Gasteiger partial charge in [-0.25, -0.2) is 4.98 Å². The predicted molar refractivity (Wildman–Crippen MR) is 189 cm³/mol. The highest BCUT2D eigenvalue weighted by Crippen LogP contribution is 2.30. The predicted octanol–water partition coefficient (Wildman–Crippen LogP) is 8.35. The maximum Gasteiger partial charge on any atom is 0.272 e. The van der Waals surface area contributed by atoms with Crippen LogP contribution in [0.25, 0.3) is 17.3 Å². The molecule has 9 heteroatoms. The molecule has 0 radical (unpaired) electrons. The molecule has 0 saturated heterocycles. The summed E-state index contributed by atoms with van der Waals surface area (Å²) >= 11 is 2.80. The molecule has 3 N–H and O–H groups in total. The fourth-order valence-corrected chi connectivity index (χ4v) is 6.31. The molecule has 1 atom stereocenters. The number of aryl methyl sites for hydroxylation is 2. The molecule has 4 aromatic carbocycles. The standard InChI is InChI=1S/C37H34N4O3S2/c1-4-33(36(44)41-37-40-32(23-45-37)27-18-16-24(2)17-19-27)46-30-15-9-14-29(22-30)38-35(43)31(21-26-11-8-10-25(3)20-26)39-34(42)28-12-6-5-7-13-28/h5-23,33H,4H2,1-3H3,(H,38,43)(H,39,42)(H,40,41,44)/b31-21+. The highest BCUT2D eigenvalue weighted by Gasteiger charge is 2.20. The lowest BCUT2D eigenvalue weighted by Crippen LogP contribution is -2.30. The van der Waals surface area contributed by atoms with Crippen molar-refractivity contribution in [1.29, 1.82) is 0 Å². The number of thiazole rings is 1. The number of hydrogen-bond acceptors (Lipinski definition) is 6. The van der Waals surface area contributed by atoms with Gasteiger partial charge in [-0.2, -0.15) is 0 Å². The van der Waals surface area contributed by atoms with Crippen molar-refractivity contribution >= 4 is 57.7 Å². The van der Waals surface area contributed by atoms with E-state index in [1.165, 1.54) is 28.7 Å². The number of benzene rings is 4. The van der Waals surface area contributed by atoms with Crippen molar-refractivity contribution in [2.75, 3.05) is 10.6 Å². The molecule has 46 heavy (non-hydrogen) atoms. The zero-order chi connectivity index (χ0) is 32.5. The lowest BCUT2D eigenvalue weighted by molar-refractivity contribution is -0.116.